The van der Waals surface area contributed by atoms with E-state index in [4.69, 9.17) is 5.26 Å². The van der Waals surface area contributed by atoms with Crippen molar-refractivity contribution in [2.75, 3.05) is 30.5 Å². The van der Waals surface area contributed by atoms with Crippen LogP contribution in [0.1, 0.15) is 30.6 Å². The van der Waals surface area contributed by atoms with Crippen LogP contribution in [0.3, 0.4) is 0 Å². The summed E-state index contributed by atoms with van der Waals surface area (Å²) >= 11 is 1.83. The Balaban J connectivity index is 2.93. The van der Waals surface area contributed by atoms with Gasteiger partial charge in [0.05, 0.1) is 17.7 Å². The third-order valence-corrected chi connectivity index (χ3v) is 3.56. The molecule has 0 radical (unpaired) electrons. The molecule has 0 aliphatic rings. The van der Waals surface area contributed by atoms with Gasteiger partial charge in [0.1, 0.15) is 0 Å². The van der Waals surface area contributed by atoms with Crippen LogP contribution in [0, 0.1) is 11.3 Å². The van der Waals surface area contributed by atoms with Crippen molar-refractivity contribution < 1.29 is 5.11 Å². The van der Waals surface area contributed by atoms with E-state index in [0.717, 1.165) is 30.0 Å². The van der Waals surface area contributed by atoms with Crippen LogP contribution >= 0.6 is 11.8 Å². The second-order valence-electron chi connectivity index (χ2n) is 4.33. The van der Waals surface area contributed by atoms with Crippen molar-refractivity contribution in [3.8, 4) is 6.07 Å². The van der Waals surface area contributed by atoms with E-state index in [1.54, 1.807) is 13.0 Å². The third kappa shape index (κ3) is 3.94. The van der Waals surface area contributed by atoms with Gasteiger partial charge >= 0.3 is 0 Å². The average molecular weight is 264 g/mol. The second-order valence-corrected chi connectivity index (χ2v) is 5.31. The first-order valence-corrected chi connectivity index (χ1v) is 7.41. The molecule has 98 valence electrons. The van der Waals surface area contributed by atoms with Gasteiger partial charge in [-0.25, -0.2) is 0 Å². The summed E-state index contributed by atoms with van der Waals surface area (Å²) in [6, 6.07) is 7.58. The molecule has 0 heterocycles. The molecule has 0 amide bonds. The number of nitrogens with zero attached hydrogens (tertiary/aromatic N) is 2. The van der Waals surface area contributed by atoms with Gasteiger partial charge in [-0.1, -0.05) is 6.07 Å². The van der Waals surface area contributed by atoms with Crippen LogP contribution in [-0.4, -0.2) is 30.7 Å². The molecule has 0 saturated heterocycles. The number of hydrogen-bond donors (Lipinski definition) is 1. The summed E-state index contributed by atoms with van der Waals surface area (Å²) < 4.78 is 0. The molecule has 1 atom stereocenters. The zero-order valence-corrected chi connectivity index (χ0v) is 12.0. The summed E-state index contributed by atoms with van der Waals surface area (Å²) in [6.07, 6.45) is 2.67. The van der Waals surface area contributed by atoms with E-state index in [0.29, 0.717) is 5.56 Å². The fourth-order valence-corrected chi connectivity index (χ4v) is 2.28. The van der Waals surface area contributed by atoms with E-state index in [1.165, 1.54) is 0 Å². The number of hydrogen-bond acceptors (Lipinski definition) is 4. The molecular formula is C14H20N2OS. The summed E-state index contributed by atoms with van der Waals surface area (Å²) in [5.74, 6) is 1.12. The minimum absolute atomic E-state index is 0.518. The maximum Gasteiger partial charge on any atom is 0.0992 e. The fraction of sp³-hybridized carbons (Fsp3) is 0.500. The molecule has 0 aromatic heterocycles. The van der Waals surface area contributed by atoms with Crippen LogP contribution in [0.2, 0.25) is 0 Å². The lowest BCUT2D eigenvalue weighted by Crippen LogP contribution is -2.21. The molecule has 0 aliphatic heterocycles. The van der Waals surface area contributed by atoms with Crippen LogP contribution in [-0.2, 0) is 0 Å². The first-order valence-electron chi connectivity index (χ1n) is 6.02. The Morgan fingerprint density at radius 3 is 2.78 bits per heavy atom. The molecule has 1 rings (SSSR count). The van der Waals surface area contributed by atoms with Gasteiger partial charge in [0.2, 0.25) is 0 Å². The Morgan fingerprint density at radius 1 is 1.50 bits per heavy atom. The van der Waals surface area contributed by atoms with Gasteiger partial charge in [0, 0.05) is 24.8 Å². The number of benzene rings is 1. The minimum Gasteiger partial charge on any atom is -0.389 e. The van der Waals surface area contributed by atoms with E-state index in [-0.39, 0.29) is 0 Å². The van der Waals surface area contributed by atoms with Crippen molar-refractivity contribution in [2.45, 2.75) is 19.4 Å². The van der Waals surface area contributed by atoms with Crippen molar-refractivity contribution in [2.24, 2.45) is 0 Å². The highest BCUT2D eigenvalue weighted by Crippen LogP contribution is 2.27. The van der Waals surface area contributed by atoms with E-state index >= 15 is 0 Å². The topological polar surface area (TPSA) is 47.3 Å². The number of anilines is 1. The number of aliphatic hydroxyl groups is 1. The average Bonchev–Trinajstić information content (AvgIpc) is 2.38. The van der Waals surface area contributed by atoms with Crippen molar-refractivity contribution in [3.63, 3.8) is 0 Å². The smallest absolute Gasteiger partial charge is 0.0992 e. The Kier molecular flexibility index (Phi) is 6.03. The molecule has 18 heavy (non-hydrogen) atoms. The molecule has 0 spiro atoms. The normalized spacial score (nSPS) is 11.9. The maximum absolute atomic E-state index is 9.77. The number of aliphatic hydroxyl groups excluding tert-OH is 1. The molecule has 1 aromatic rings. The number of nitriles is 1. The fourth-order valence-electron chi connectivity index (χ4n) is 1.86. The molecular weight excluding hydrogens is 244 g/mol. The first kappa shape index (κ1) is 14.9. The monoisotopic (exact) mass is 264 g/mol. The van der Waals surface area contributed by atoms with Crippen LogP contribution < -0.4 is 4.90 Å². The standard InChI is InChI=1S/C14H20N2OS/c1-11(17)13-6-5-12(10-15)9-14(13)16(2)7-4-8-18-3/h5-6,9,11,17H,4,7-8H2,1-3H3/t11-/m1/s1. The summed E-state index contributed by atoms with van der Waals surface area (Å²) in [5.41, 5.74) is 2.46. The van der Waals surface area contributed by atoms with E-state index in [1.807, 2.05) is 30.9 Å². The van der Waals surface area contributed by atoms with Crippen molar-refractivity contribution >= 4 is 17.4 Å². The SMILES string of the molecule is CSCCCN(C)c1cc(C#N)ccc1[C@@H](C)O. The predicted octanol–water partition coefficient (Wildman–Crippen LogP) is 2.80. The largest absolute Gasteiger partial charge is 0.389 e. The van der Waals surface area contributed by atoms with Gasteiger partial charge in [-0.15, -0.1) is 0 Å². The minimum atomic E-state index is -0.518. The molecule has 0 saturated carbocycles. The van der Waals surface area contributed by atoms with Crippen LogP contribution in [0.25, 0.3) is 0 Å². The summed E-state index contributed by atoms with van der Waals surface area (Å²) in [7, 11) is 2.00. The molecule has 1 N–H and O–H groups in total. The van der Waals surface area contributed by atoms with Gasteiger partial charge in [-0.05, 0) is 37.5 Å². The molecule has 0 bridgehead atoms. The van der Waals surface area contributed by atoms with Gasteiger partial charge in [-0.3, -0.25) is 0 Å². The van der Waals surface area contributed by atoms with Gasteiger partial charge < -0.3 is 10.0 Å². The Labute approximate surface area is 113 Å². The van der Waals surface area contributed by atoms with Gasteiger partial charge in [-0.2, -0.15) is 17.0 Å². The molecule has 0 aliphatic carbocycles. The quantitative estimate of drug-likeness (QED) is 0.803. The van der Waals surface area contributed by atoms with E-state index < -0.39 is 6.10 Å². The van der Waals surface area contributed by atoms with E-state index in [9.17, 15) is 5.11 Å². The van der Waals surface area contributed by atoms with Crippen LogP contribution in [0.5, 0.6) is 0 Å². The first-order chi connectivity index (χ1) is 8.60. The Hall–Kier alpha value is -1.18. The van der Waals surface area contributed by atoms with Crippen LogP contribution in [0.4, 0.5) is 5.69 Å². The highest BCUT2D eigenvalue weighted by molar-refractivity contribution is 7.98. The summed E-state index contributed by atoms with van der Waals surface area (Å²) in [6.45, 7) is 2.68. The molecule has 3 nitrogen and oxygen atoms in total. The van der Waals surface area contributed by atoms with E-state index in [2.05, 4.69) is 17.2 Å². The summed E-state index contributed by atoms with van der Waals surface area (Å²) in [5, 5.41) is 18.7. The van der Waals surface area contributed by atoms with Gasteiger partial charge in [0.25, 0.3) is 0 Å². The molecule has 0 unspecified atom stereocenters. The lowest BCUT2D eigenvalue weighted by atomic mass is 10.0. The lowest BCUT2D eigenvalue weighted by Gasteiger charge is -2.23. The highest BCUT2D eigenvalue weighted by Gasteiger charge is 2.12. The molecule has 0 fully saturated rings. The predicted molar refractivity (Wildman–Crippen MR) is 78.1 cm³/mol. The number of rotatable bonds is 6. The van der Waals surface area contributed by atoms with Gasteiger partial charge in [0.15, 0.2) is 0 Å². The zero-order valence-electron chi connectivity index (χ0n) is 11.2. The Morgan fingerprint density at radius 2 is 2.22 bits per heavy atom. The van der Waals surface area contributed by atoms with Crippen molar-refractivity contribution in [1.82, 2.24) is 0 Å². The van der Waals surface area contributed by atoms with Crippen LogP contribution in [0.15, 0.2) is 18.2 Å². The van der Waals surface area contributed by atoms with Crippen molar-refractivity contribution in [1.29, 1.82) is 5.26 Å². The maximum atomic E-state index is 9.77. The van der Waals surface area contributed by atoms with Crippen molar-refractivity contribution in [3.05, 3.63) is 29.3 Å². The molecule has 4 heteroatoms. The molecule has 1 aromatic carbocycles. The second kappa shape index (κ2) is 7.30. The summed E-state index contributed by atoms with van der Waals surface area (Å²) in [4.78, 5) is 2.11. The third-order valence-electron chi connectivity index (χ3n) is 2.86. The highest BCUT2D eigenvalue weighted by atomic mass is 32.2. The number of thioether (sulfide) groups is 1. The zero-order chi connectivity index (χ0) is 13.5. The lowest BCUT2D eigenvalue weighted by molar-refractivity contribution is 0.199. The Bertz CT molecular complexity index is 426.